The van der Waals surface area contributed by atoms with Gasteiger partial charge in [0, 0.05) is 59.0 Å². The highest BCUT2D eigenvalue weighted by Gasteiger charge is 2.23. The summed E-state index contributed by atoms with van der Waals surface area (Å²) in [7, 11) is 1.73. The molecule has 1 unspecified atom stereocenters. The van der Waals surface area contributed by atoms with Gasteiger partial charge < -0.3 is 19.9 Å². The fourth-order valence-corrected chi connectivity index (χ4v) is 3.87. The smallest absolute Gasteiger partial charge is 0.134 e. The van der Waals surface area contributed by atoms with E-state index in [4.69, 9.17) is 21.1 Å². The number of ether oxygens (including phenoxy) is 2. The molecule has 0 spiro atoms. The number of aromatic hydroxyl groups is 1. The molecule has 0 saturated carbocycles. The third kappa shape index (κ3) is 7.84. The van der Waals surface area contributed by atoms with E-state index in [1.54, 1.807) is 19.2 Å². The van der Waals surface area contributed by atoms with Gasteiger partial charge in [-0.25, -0.2) is 0 Å². The summed E-state index contributed by atoms with van der Waals surface area (Å²) < 4.78 is 10.9. The molecule has 162 valence electrons. The summed E-state index contributed by atoms with van der Waals surface area (Å²) in [5, 5.41) is 13.8. The quantitative estimate of drug-likeness (QED) is 0.655. The third-order valence-corrected chi connectivity index (χ3v) is 5.46. The average Bonchev–Trinajstić information content (AvgIpc) is 2.64. The maximum atomic E-state index is 9.78. The van der Waals surface area contributed by atoms with E-state index in [9.17, 15) is 5.11 Å². The molecule has 6 nitrogen and oxygen atoms in total. The molecule has 2 N–H and O–H groups in total. The molecule has 2 fully saturated rings. The van der Waals surface area contributed by atoms with Crippen LogP contribution >= 0.6 is 36.4 Å². The van der Waals surface area contributed by atoms with Crippen molar-refractivity contribution in [2.24, 2.45) is 0 Å². The van der Waals surface area contributed by atoms with Gasteiger partial charge in [-0.2, -0.15) is 0 Å². The molecule has 2 aliphatic heterocycles. The largest absolute Gasteiger partial charge is 0.506 e. The lowest BCUT2D eigenvalue weighted by Crippen LogP contribution is -2.54. The van der Waals surface area contributed by atoms with Gasteiger partial charge in [0.05, 0.1) is 24.3 Å². The maximum absolute atomic E-state index is 9.78. The van der Waals surface area contributed by atoms with Gasteiger partial charge in [-0.05, 0) is 24.1 Å². The number of piperazine rings is 1. The molecular formula is C19H32Cl3N3O3. The molecule has 9 heteroatoms. The normalized spacial score (nSPS) is 23.6. The molecule has 2 saturated heterocycles. The highest BCUT2D eigenvalue weighted by molar-refractivity contribution is 6.32. The summed E-state index contributed by atoms with van der Waals surface area (Å²) in [6.45, 7) is 8.65. The topological polar surface area (TPSA) is 57.2 Å². The highest BCUT2D eigenvalue weighted by Crippen LogP contribution is 2.24. The van der Waals surface area contributed by atoms with Crippen LogP contribution in [0.15, 0.2) is 18.2 Å². The number of halogens is 3. The number of hydrogen-bond acceptors (Lipinski definition) is 6. The molecular weight excluding hydrogens is 425 g/mol. The zero-order chi connectivity index (χ0) is 18.4. The van der Waals surface area contributed by atoms with Crippen molar-refractivity contribution < 1.29 is 14.6 Å². The van der Waals surface area contributed by atoms with Crippen LogP contribution in [-0.4, -0.2) is 93.2 Å². The van der Waals surface area contributed by atoms with Crippen LogP contribution in [0.25, 0.3) is 0 Å². The predicted molar refractivity (Wildman–Crippen MR) is 118 cm³/mol. The van der Waals surface area contributed by atoms with E-state index in [1.165, 1.54) is 0 Å². The number of rotatable bonds is 7. The summed E-state index contributed by atoms with van der Waals surface area (Å²) in [6, 6.07) is 5.93. The monoisotopic (exact) mass is 455 g/mol. The Hall–Kier alpha value is -0.310. The molecule has 1 aromatic rings. The summed E-state index contributed by atoms with van der Waals surface area (Å²) in [5.74, 6) is 0.162. The number of phenolic OH excluding ortho intramolecular Hbond substituents is 1. The maximum Gasteiger partial charge on any atom is 0.134 e. The van der Waals surface area contributed by atoms with Crippen molar-refractivity contribution in [3.8, 4) is 5.75 Å². The van der Waals surface area contributed by atoms with Gasteiger partial charge in [0.25, 0.3) is 0 Å². The Morgan fingerprint density at radius 2 is 1.96 bits per heavy atom. The lowest BCUT2D eigenvalue weighted by Gasteiger charge is -2.37. The summed E-state index contributed by atoms with van der Waals surface area (Å²) in [5.41, 5.74) is 1.11. The minimum absolute atomic E-state index is 0. The first-order valence-corrected chi connectivity index (χ1v) is 9.78. The van der Waals surface area contributed by atoms with Crippen molar-refractivity contribution in [1.29, 1.82) is 0 Å². The number of morpholine rings is 1. The van der Waals surface area contributed by atoms with E-state index in [0.29, 0.717) is 17.7 Å². The number of methoxy groups -OCH3 is 1. The van der Waals surface area contributed by atoms with E-state index in [0.717, 1.165) is 64.4 Å². The molecule has 0 aliphatic carbocycles. The molecule has 1 aromatic carbocycles. The Morgan fingerprint density at radius 3 is 2.68 bits per heavy atom. The zero-order valence-corrected chi connectivity index (χ0v) is 18.7. The Balaban J connectivity index is 0.00000196. The Morgan fingerprint density at radius 1 is 1.21 bits per heavy atom. The number of nitrogens with one attached hydrogen (secondary N) is 1. The van der Waals surface area contributed by atoms with Crippen LogP contribution in [-0.2, 0) is 15.9 Å². The zero-order valence-electron chi connectivity index (χ0n) is 16.3. The molecule has 0 radical (unpaired) electrons. The second-order valence-electron chi connectivity index (χ2n) is 7.19. The van der Waals surface area contributed by atoms with Crippen LogP contribution in [0.1, 0.15) is 5.56 Å². The van der Waals surface area contributed by atoms with E-state index in [2.05, 4.69) is 15.1 Å². The lowest BCUT2D eigenvalue weighted by molar-refractivity contribution is -0.0624. The molecule has 2 atom stereocenters. The number of phenols is 1. The van der Waals surface area contributed by atoms with Crippen LogP contribution in [0.4, 0.5) is 0 Å². The van der Waals surface area contributed by atoms with Crippen LogP contribution < -0.4 is 5.32 Å². The van der Waals surface area contributed by atoms with Crippen LogP contribution in [0.3, 0.4) is 0 Å². The highest BCUT2D eigenvalue weighted by atomic mass is 35.5. The van der Waals surface area contributed by atoms with Crippen molar-refractivity contribution in [2.45, 2.75) is 18.6 Å². The number of benzene rings is 1. The molecule has 2 heterocycles. The van der Waals surface area contributed by atoms with E-state index in [-0.39, 0.29) is 36.7 Å². The lowest BCUT2D eigenvalue weighted by atomic mass is 10.0. The van der Waals surface area contributed by atoms with Crippen molar-refractivity contribution in [1.82, 2.24) is 15.1 Å². The van der Waals surface area contributed by atoms with E-state index in [1.807, 2.05) is 6.07 Å². The van der Waals surface area contributed by atoms with Gasteiger partial charge in [-0.3, -0.25) is 9.80 Å². The van der Waals surface area contributed by atoms with E-state index >= 15 is 0 Å². The first kappa shape index (κ1) is 25.7. The average molecular weight is 457 g/mol. The van der Waals surface area contributed by atoms with E-state index < -0.39 is 0 Å². The van der Waals surface area contributed by atoms with Crippen molar-refractivity contribution in [3.05, 3.63) is 28.8 Å². The summed E-state index contributed by atoms with van der Waals surface area (Å²) in [4.78, 5) is 5.00. The van der Waals surface area contributed by atoms with Gasteiger partial charge in [0.1, 0.15) is 5.75 Å². The standard InChI is InChI=1S/C19H30ClN3O3.2ClH/c1-25-14-17-13-23(8-9-26-17)7-6-22-5-4-21-16(12-22)10-15-2-3-18(20)19(24)11-15;;/h2-3,11,16-17,21,24H,4-10,12-14H2,1H3;2*1H/t16?,17-;;/m1../s1. The first-order valence-electron chi connectivity index (χ1n) is 9.40. The van der Waals surface area contributed by atoms with Crippen LogP contribution in [0.2, 0.25) is 5.02 Å². The SMILES string of the molecule is COC[C@H]1CN(CCN2CCNC(Cc3ccc(Cl)c(O)c3)C2)CCO1.Cl.Cl. The number of hydrogen-bond donors (Lipinski definition) is 2. The molecule has 0 amide bonds. The van der Waals surface area contributed by atoms with Crippen molar-refractivity contribution in [2.75, 3.05) is 66.1 Å². The number of nitrogens with zero attached hydrogens (tertiary/aromatic N) is 2. The molecule has 3 rings (SSSR count). The van der Waals surface area contributed by atoms with Crippen molar-refractivity contribution >= 4 is 36.4 Å². The molecule has 2 aliphatic rings. The van der Waals surface area contributed by atoms with Gasteiger partial charge >= 0.3 is 0 Å². The molecule has 0 aromatic heterocycles. The summed E-state index contributed by atoms with van der Waals surface area (Å²) in [6.07, 6.45) is 1.09. The Labute approximate surface area is 185 Å². The first-order chi connectivity index (χ1) is 12.6. The third-order valence-electron chi connectivity index (χ3n) is 5.14. The predicted octanol–water partition coefficient (Wildman–Crippen LogP) is 2.05. The fourth-order valence-electron chi connectivity index (χ4n) is 3.76. The minimum atomic E-state index is 0. The van der Waals surface area contributed by atoms with Gasteiger partial charge in [-0.1, -0.05) is 17.7 Å². The molecule has 28 heavy (non-hydrogen) atoms. The van der Waals surface area contributed by atoms with Gasteiger partial charge in [0.15, 0.2) is 0 Å². The fraction of sp³-hybridized carbons (Fsp3) is 0.684. The molecule has 0 bridgehead atoms. The van der Waals surface area contributed by atoms with Crippen LogP contribution in [0, 0.1) is 0 Å². The van der Waals surface area contributed by atoms with Crippen molar-refractivity contribution in [3.63, 3.8) is 0 Å². The van der Waals surface area contributed by atoms with Crippen LogP contribution in [0.5, 0.6) is 5.75 Å². The second-order valence-corrected chi connectivity index (χ2v) is 7.60. The summed E-state index contributed by atoms with van der Waals surface area (Å²) >= 11 is 5.90. The van der Waals surface area contributed by atoms with Gasteiger partial charge in [0.2, 0.25) is 0 Å². The Bertz CT molecular complexity index is 581. The second kappa shape index (κ2) is 13.1. The Kier molecular flexibility index (Phi) is 12.0. The van der Waals surface area contributed by atoms with Gasteiger partial charge in [-0.15, -0.1) is 24.8 Å². The minimum Gasteiger partial charge on any atom is -0.506 e.